The van der Waals surface area contributed by atoms with Crippen LogP contribution in [0.3, 0.4) is 0 Å². The number of oxime groups is 1. The van der Waals surface area contributed by atoms with E-state index < -0.39 is 11.7 Å². The van der Waals surface area contributed by atoms with Gasteiger partial charge >= 0.3 is 0 Å². The van der Waals surface area contributed by atoms with Gasteiger partial charge in [0.2, 0.25) is 11.5 Å². The van der Waals surface area contributed by atoms with Crippen molar-refractivity contribution in [2.75, 3.05) is 7.11 Å². The van der Waals surface area contributed by atoms with Gasteiger partial charge in [0.25, 0.3) is 5.65 Å². The molecule has 0 aliphatic carbocycles. The highest BCUT2D eigenvalue weighted by molar-refractivity contribution is 6.34. The molecule has 7 heteroatoms. The van der Waals surface area contributed by atoms with Crippen LogP contribution in [0.1, 0.15) is 16.9 Å². The minimum absolute atomic E-state index is 0.0284. The Hall–Kier alpha value is -2.88. The van der Waals surface area contributed by atoms with Gasteiger partial charge in [-0.1, -0.05) is 11.2 Å². The maximum absolute atomic E-state index is 12.3. The van der Waals surface area contributed by atoms with Crippen molar-refractivity contribution in [3.63, 3.8) is 0 Å². The van der Waals surface area contributed by atoms with Gasteiger partial charge in [0.15, 0.2) is 0 Å². The predicted molar refractivity (Wildman–Crippen MR) is 67.1 cm³/mol. The van der Waals surface area contributed by atoms with E-state index in [4.69, 9.17) is 5.26 Å². The number of hydrogen-bond donors (Lipinski definition) is 0. The smallest absolute Gasteiger partial charge is 0.286 e. The van der Waals surface area contributed by atoms with Crippen LogP contribution in [0, 0.1) is 11.3 Å². The van der Waals surface area contributed by atoms with Crippen LogP contribution in [-0.4, -0.2) is 23.7 Å². The van der Waals surface area contributed by atoms with Gasteiger partial charge in [0.05, 0.1) is 18.7 Å². The summed E-state index contributed by atoms with van der Waals surface area (Å²) in [6, 6.07) is 7.16. The fraction of sp³-hybridized carbons (Fsp3) is 0.231. The molecule has 2 aromatic heterocycles. The predicted octanol–water partition coefficient (Wildman–Crippen LogP) is 0.0290. The average Bonchev–Trinajstić information content (AvgIpc) is 2.74. The van der Waals surface area contributed by atoms with E-state index in [1.54, 1.807) is 24.4 Å². The second-order valence-electron chi connectivity index (χ2n) is 3.92. The lowest BCUT2D eigenvalue weighted by molar-refractivity contribution is -0.516. The molecule has 0 amide bonds. The Morgan fingerprint density at radius 2 is 2.45 bits per heavy atom. The summed E-state index contributed by atoms with van der Waals surface area (Å²) in [6.45, 7) is 0.234. The van der Waals surface area contributed by atoms with Crippen molar-refractivity contribution >= 4 is 17.6 Å². The number of fused-ring (bicyclic) bond motifs is 1. The fourth-order valence-electron chi connectivity index (χ4n) is 1.94. The first-order valence-electron chi connectivity index (χ1n) is 5.88. The second kappa shape index (κ2) is 5.84. The van der Waals surface area contributed by atoms with Gasteiger partial charge in [0, 0.05) is 6.07 Å². The van der Waals surface area contributed by atoms with Gasteiger partial charge in [-0.15, -0.1) is 0 Å². The molecule has 0 atom stereocenters. The molecule has 0 radical (unpaired) electrons. The number of aryl methyl sites for hydroxylation is 1. The van der Waals surface area contributed by atoms with Crippen LogP contribution in [0.2, 0.25) is 0 Å². The Morgan fingerprint density at radius 1 is 1.65 bits per heavy atom. The van der Waals surface area contributed by atoms with E-state index in [1.165, 1.54) is 16.1 Å². The first kappa shape index (κ1) is 13.5. The normalized spacial score (nSPS) is 10.8. The lowest BCUT2D eigenvalue weighted by atomic mass is 10.3. The number of aromatic nitrogens is 2. The number of carbonyl (C=O) groups excluding carboxylic acids is 1. The molecule has 0 fully saturated rings. The molecule has 0 saturated carbocycles. The molecule has 0 bridgehead atoms. The number of ketones is 1. The monoisotopic (exact) mass is 272 g/mol. The van der Waals surface area contributed by atoms with Crippen molar-refractivity contribution in [2.24, 2.45) is 5.16 Å². The number of carbonyl (C=O) groups is 1. The summed E-state index contributed by atoms with van der Waals surface area (Å²) < 4.78 is 2.89. The van der Waals surface area contributed by atoms with Crippen LogP contribution in [0.25, 0.3) is 5.65 Å². The molecule has 7 nitrogen and oxygen atoms in total. The van der Waals surface area contributed by atoms with Gasteiger partial charge in [-0.25, -0.2) is 4.57 Å². The maximum Gasteiger partial charge on any atom is 0.286 e. The molecule has 0 unspecified atom stereocenters. The van der Waals surface area contributed by atoms with Crippen LogP contribution in [0.15, 0.2) is 29.6 Å². The summed E-state index contributed by atoms with van der Waals surface area (Å²) in [5.74, 6) is -0.993. The number of pyridine rings is 1. The number of rotatable bonds is 5. The van der Waals surface area contributed by atoms with Crippen LogP contribution >= 0.6 is 0 Å². The maximum atomic E-state index is 12.3. The first-order chi connectivity index (χ1) is 9.70. The van der Waals surface area contributed by atoms with Gasteiger partial charge in [-0.05, 0) is 6.07 Å². The third-order valence-electron chi connectivity index (χ3n) is 2.76. The number of nitrogens with zero attached hydrogens (tertiary/aromatic N) is 4. The van der Waals surface area contributed by atoms with Crippen molar-refractivity contribution in [2.45, 2.75) is 13.0 Å². The van der Waals surface area contributed by atoms with E-state index >= 15 is 0 Å². The molecular weight excluding hydrogens is 260 g/mol. The van der Waals surface area contributed by atoms with E-state index in [2.05, 4.69) is 9.99 Å². The highest BCUT2D eigenvalue weighted by Gasteiger charge is 2.23. The molecule has 2 rings (SSSR count). The second-order valence-corrected chi connectivity index (χ2v) is 3.92. The fourth-order valence-corrected chi connectivity index (χ4v) is 1.94. The molecule has 2 aromatic rings. The van der Waals surface area contributed by atoms with Crippen LogP contribution in [0.5, 0.6) is 5.88 Å². The summed E-state index contributed by atoms with van der Waals surface area (Å²) in [6.07, 6.45) is 2.76. The zero-order valence-corrected chi connectivity index (χ0v) is 10.8. The molecule has 0 N–H and O–H groups in total. The van der Waals surface area contributed by atoms with Crippen molar-refractivity contribution < 1.29 is 19.1 Å². The Kier molecular flexibility index (Phi) is 3.96. The molecule has 0 aliphatic rings. The van der Waals surface area contributed by atoms with Gasteiger partial charge in [-0.3, -0.25) is 4.79 Å². The lowest BCUT2D eigenvalue weighted by Crippen LogP contribution is -2.28. The third-order valence-corrected chi connectivity index (χ3v) is 2.76. The summed E-state index contributed by atoms with van der Waals surface area (Å²) in [4.78, 5) is 16.4. The number of Topliss-reactive ketones (excluding diaryl/α,β-unsaturated/α-hetero) is 1. The average molecular weight is 272 g/mol. The van der Waals surface area contributed by atoms with E-state index in [0.29, 0.717) is 5.65 Å². The SMILES string of the molecule is CO/N=C/C(=O)c1c([O-])n(CCC#N)c2cccc[n+]12. The first-order valence-corrected chi connectivity index (χ1v) is 5.88. The number of hydrogen-bond acceptors (Lipinski definition) is 5. The highest BCUT2D eigenvalue weighted by atomic mass is 16.6. The van der Waals surface area contributed by atoms with E-state index in [1.807, 2.05) is 6.07 Å². The van der Waals surface area contributed by atoms with Crippen LogP contribution in [0.4, 0.5) is 0 Å². The minimum Gasteiger partial charge on any atom is -0.839 e. The molecule has 20 heavy (non-hydrogen) atoms. The Balaban J connectivity index is 2.60. The van der Waals surface area contributed by atoms with Crippen molar-refractivity contribution in [1.82, 2.24) is 4.57 Å². The van der Waals surface area contributed by atoms with E-state index in [9.17, 15) is 9.90 Å². The standard InChI is InChI=1S/C13H12N4O3/c1-20-15-9-10(18)12-13(19)17(8-4-6-14)11-5-2-3-7-16(11)12/h2-3,5,7,9H,4,8H2,1H3/b15-9+. The van der Waals surface area contributed by atoms with Gasteiger partial charge in [0.1, 0.15) is 25.7 Å². The third kappa shape index (κ3) is 2.31. The summed E-state index contributed by atoms with van der Waals surface area (Å²) in [5, 5.41) is 24.3. The lowest BCUT2D eigenvalue weighted by Gasteiger charge is -2.03. The minimum atomic E-state index is -0.547. The van der Waals surface area contributed by atoms with Crippen LogP contribution in [-0.2, 0) is 11.4 Å². The zero-order valence-electron chi connectivity index (χ0n) is 10.8. The molecule has 102 valence electrons. The Bertz CT molecular complexity index is 712. The number of imidazole rings is 1. The van der Waals surface area contributed by atoms with Crippen molar-refractivity contribution in [3.05, 3.63) is 30.1 Å². The Labute approximate surface area is 114 Å². The van der Waals surface area contributed by atoms with Crippen molar-refractivity contribution in [1.29, 1.82) is 5.26 Å². The Morgan fingerprint density at radius 3 is 3.15 bits per heavy atom. The van der Waals surface area contributed by atoms with Gasteiger partial charge in [-0.2, -0.15) is 9.66 Å². The van der Waals surface area contributed by atoms with Crippen molar-refractivity contribution in [3.8, 4) is 11.9 Å². The topological polar surface area (TPSA) is 94.5 Å². The van der Waals surface area contributed by atoms with E-state index in [-0.39, 0.29) is 18.7 Å². The highest BCUT2D eigenvalue weighted by Crippen LogP contribution is 2.16. The quantitative estimate of drug-likeness (QED) is 0.332. The molecule has 0 spiro atoms. The number of nitriles is 1. The van der Waals surface area contributed by atoms with Crippen LogP contribution < -0.4 is 9.51 Å². The molecule has 2 heterocycles. The van der Waals surface area contributed by atoms with Gasteiger partial charge < -0.3 is 9.94 Å². The summed E-state index contributed by atoms with van der Waals surface area (Å²) in [7, 11) is 1.31. The molecule has 0 saturated heterocycles. The molecule has 0 aromatic carbocycles. The summed E-state index contributed by atoms with van der Waals surface area (Å²) >= 11 is 0. The molecule has 0 aliphatic heterocycles. The van der Waals surface area contributed by atoms with E-state index in [0.717, 1.165) is 6.21 Å². The zero-order chi connectivity index (χ0) is 14.5. The molecular formula is C13H12N4O3. The largest absolute Gasteiger partial charge is 0.839 e. The summed E-state index contributed by atoms with van der Waals surface area (Å²) in [5.41, 5.74) is 0.529.